The van der Waals surface area contributed by atoms with Crippen LogP contribution in [0.5, 0.6) is 5.75 Å². The van der Waals surface area contributed by atoms with Crippen LogP contribution in [-0.4, -0.2) is 79.3 Å². The van der Waals surface area contributed by atoms with Crippen LogP contribution in [0.2, 0.25) is 0 Å². The van der Waals surface area contributed by atoms with E-state index >= 15 is 0 Å². The molecule has 2 saturated heterocycles. The van der Waals surface area contributed by atoms with E-state index in [1.807, 2.05) is 43.9 Å². The minimum atomic E-state index is -0.473. The molecule has 0 spiro atoms. The number of methoxy groups -OCH3 is 1. The van der Waals surface area contributed by atoms with Gasteiger partial charge in [0.25, 0.3) is 0 Å². The van der Waals surface area contributed by atoms with Gasteiger partial charge in [0.05, 0.1) is 24.9 Å². The van der Waals surface area contributed by atoms with Crippen LogP contribution < -0.4 is 9.64 Å². The predicted octanol–water partition coefficient (Wildman–Crippen LogP) is 1.43. The lowest BCUT2D eigenvalue weighted by atomic mass is 9.95. The number of β-amino-alcohol motifs (C(OH)–C–C–N with tert-alkyl or cyclic N) is 1. The quantitative estimate of drug-likeness (QED) is 0.883. The second-order valence-corrected chi connectivity index (χ2v) is 8.29. The largest absolute Gasteiger partial charge is 0.495 e. The molecule has 2 atom stereocenters. The van der Waals surface area contributed by atoms with Crippen LogP contribution in [0.4, 0.5) is 5.69 Å². The Balaban J connectivity index is 1.61. The first-order chi connectivity index (χ1) is 12.3. The van der Waals surface area contributed by atoms with Crippen molar-refractivity contribution in [3.05, 3.63) is 24.3 Å². The van der Waals surface area contributed by atoms with Gasteiger partial charge < -0.3 is 19.6 Å². The average Bonchev–Trinajstić information content (AvgIpc) is 3.02. The SMILES string of the molecule is COc1ccccc1N1CCN([C@H]2CN(C(=O)C(C)(C)C)C[C@@H]2O)CC1. The molecule has 26 heavy (non-hydrogen) atoms. The molecule has 2 aliphatic rings. The van der Waals surface area contributed by atoms with Gasteiger partial charge in [-0.05, 0) is 12.1 Å². The van der Waals surface area contributed by atoms with Crippen molar-refractivity contribution < 1.29 is 14.6 Å². The van der Waals surface area contributed by atoms with Crippen LogP contribution in [0.1, 0.15) is 20.8 Å². The molecule has 0 saturated carbocycles. The number of aliphatic hydroxyl groups is 1. The van der Waals surface area contributed by atoms with Crippen molar-refractivity contribution in [2.75, 3.05) is 51.3 Å². The molecule has 0 aliphatic carbocycles. The van der Waals surface area contributed by atoms with E-state index < -0.39 is 11.5 Å². The number of amides is 1. The van der Waals surface area contributed by atoms with Crippen LogP contribution in [0, 0.1) is 5.41 Å². The predicted molar refractivity (Wildman–Crippen MR) is 103 cm³/mol. The fourth-order valence-electron chi connectivity index (χ4n) is 3.95. The van der Waals surface area contributed by atoms with Crippen molar-refractivity contribution >= 4 is 11.6 Å². The Kier molecular flexibility index (Phi) is 5.44. The van der Waals surface area contributed by atoms with Gasteiger partial charge in [-0.2, -0.15) is 0 Å². The molecule has 2 aliphatic heterocycles. The zero-order valence-corrected chi connectivity index (χ0v) is 16.3. The van der Waals surface area contributed by atoms with E-state index in [9.17, 15) is 9.90 Å². The number of piperazine rings is 1. The molecule has 0 bridgehead atoms. The molecular weight excluding hydrogens is 330 g/mol. The van der Waals surface area contributed by atoms with Gasteiger partial charge in [0.15, 0.2) is 0 Å². The van der Waals surface area contributed by atoms with Crippen molar-refractivity contribution in [2.45, 2.75) is 32.9 Å². The maximum atomic E-state index is 12.5. The first-order valence-corrected chi connectivity index (χ1v) is 9.40. The first-order valence-electron chi connectivity index (χ1n) is 9.40. The number of rotatable bonds is 3. The number of ether oxygens (including phenoxy) is 1. The summed E-state index contributed by atoms with van der Waals surface area (Å²) in [7, 11) is 1.70. The molecule has 1 amide bonds. The summed E-state index contributed by atoms with van der Waals surface area (Å²) in [6.45, 7) is 10.4. The fourth-order valence-corrected chi connectivity index (χ4v) is 3.95. The summed E-state index contributed by atoms with van der Waals surface area (Å²) in [6.07, 6.45) is -0.473. The summed E-state index contributed by atoms with van der Waals surface area (Å²) in [5, 5.41) is 10.5. The third kappa shape index (κ3) is 3.81. The lowest BCUT2D eigenvalue weighted by Crippen LogP contribution is -2.54. The summed E-state index contributed by atoms with van der Waals surface area (Å²) in [5.74, 6) is 1.01. The Bertz CT molecular complexity index is 635. The van der Waals surface area contributed by atoms with Gasteiger partial charge in [0.1, 0.15) is 5.75 Å². The second kappa shape index (κ2) is 7.45. The lowest BCUT2D eigenvalue weighted by Gasteiger charge is -2.40. The first kappa shape index (κ1) is 19.0. The third-order valence-corrected chi connectivity index (χ3v) is 5.40. The molecule has 1 aromatic carbocycles. The molecule has 1 N–H and O–H groups in total. The number of benzene rings is 1. The molecule has 1 aromatic rings. The summed E-state index contributed by atoms with van der Waals surface area (Å²) in [5.41, 5.74) is 0.711. The minimum Gasteiger partial charge on any atom is -0.495 e. The van der Waals surface area contributed by atoms with Crippen molar-refractivity contribution in [2.24, 2.45) is 5.41 Å². The van der Waals surface area contributed by atoms with Gasteiger partial charge in [0.2, 0.25) is 5.91 Å². The van der Waals surface area contributed by atoms with E-state index in [0.29, 0.717) is 13.1 Å². The van der Waals surface area contributed by atoms with Gasteiger partial charge in [-0.1, -0.05) is 32.9 Å². The molecule has 144 valence electrons. The molecular formula is C20H31N3O3. The highest BCUT2D eigenvalue weighted by molar-refractivity contribution is 5.82. The van der Waals surface area contributed by atoms with Crippen molar-refractivity contribution in [1.82, 2.24) is 9.80 Å². The number of carbonyl (C=O) groups is 1. The highest BCUT2D eigenvalue weighted by Gasteiger charge is 2.41. The van der Waals surface area contributed by atoms with Crippen LogP contribution in [0.15, 0.2) is 24.3 Å². The summed E-state index contributed by atoms with van der Waals surface area (Å²) in [4.78, 5) is 19.0. The van der Waals surface area contributed by atoms with Gasteiger partial charge in [-0.15, -0.1) is 0 Å². The molecule has 6 heteroatoms. The summed E-state index contributed by atoms with van der Waals surface area (Å²) in [6, 6.07) is 8.11. The number of anilines is 1. The highest BCUT2D eigenvalue weighted by Crippen LogP contribution is 2.30. The topological polar surface area (TPSA) is 56.2 Å². The number of para-hydroxylation sites is 2. The van der Waals surface area contributed by atoms with Crippen LogP contribution >= 0.6 is 0 Å². The van der Waals surface area contributed by atoms with E-state index in [1.54, 1.807) is 7.11 Å². The number of hydrogen-bond donors (Lipinski definition) is 1. The molecule has 0 unspecified atom stereocenters. The fraction of sp³-hybridized carbons (Fsp3) is 0.650. The highest BCUT2D eigenvalue weighted by atomic mass is 16.5. The Morgan fingerprint density at radius 1 is 1.12 bits per heavy atom. The Labute approximate surface area is 156 Å². The van der Waals surface area contributed by atoms with Gasteiger partial charge in [0, 0.05) is 44.7 Å². The zero-order chi connectivity index (χ0) is 18.9. The van der Waals surface area contributed by atoms with Gasteiger partial charge in [-0.3, -0.25) is 9.69 Å². The van der Waals surface area contributed by atoms with E-state index in [2.05, 4.69) is 15.9 Å². The number of likely N-dealkylation sites (tertiary alicyclic amines) is 1. The van der Waals surface area contributed by atoms with Crippen molar-refractivity contribution in [3.8, 4) is 5.75 Å². The second-order valence-electron chi connectivity index (χ2n) is 8.29. The van der Waals surface area contributed by atoms with Gasteiger partial charge in [-0.25, -0.2) is 0 Å². The van der Waals surface area contributed by atoms with Crippen molar-refractivity contribution in [3.63, 3.8) is 0 Å². The van der Waals surface area contributed by atoms with E-state index in [0.717, 1.165) is 37.6 Å². The summed E-state index contributed by atoms with van der Waals surface area (Å²) < 4.78 is 5.48. The standard InChI is InChI=1S/C20H31N3O3/c1-20(2,3)19(25)23-13-16(17(24)14-23)22-11-9-21(10-12-22)15-7-5-6-8-18(15)26-4/h5-8,16-17,24H,9-14H2,1-4H3/t16-,17-/m0/s1. The molecule has 0 radical (unpaired) electrons. The van der Waals surface area contributed by atoms with Crippen LogP contribution in [-0.2, 0) is 4.79 Å². The monoisotopic (exact) mass is 361 g/mol. The Hall–Kier alpha value is -1.79. The van der Waals surface area contributed by atoms with E-state index in [-0.39, 0.29) is 11.9 Å². The number of nitrogens with zero attached hydrogens (tertiary/aromatic N) is 3. The van der Waals surface area contributed by atoms with Crippen molar-refractivity contribution in [1.29, 1.82) is 0 Å². The molecule has 2 heterocycles. The molecule has 3 rings (SSSR count). The van der Waals surface area contributed by atoms with Crippen LogP contribution in [0.3, 0.4) is 0 Å². The van der Waals surface area contributed by atoms with Crippen LogP contribution in [0.25, 0.3) is 0 Å². The molecule has 2 fully saturated rings. The third-order valence-electron chi connectivity index (χ3n) is 5.40. The number of aliphatic hydroxyl groups excluding tert-OH is 1. The van der Waals surface area contributed by atoms with E-state index in [1.165, 1.54) is 0 Å². The lowest BCUT2D eigenvalue weighted by molar-refractivity contribution is -0.138. The normalized spacial score (nSPS) is 24.8. The number of hydrogen-bond acceptors (Lipinski definition) is 5. The smallest absolute Gasteiger partial charge is 0.228 e. The maximum absolute atomic E-state index is 12.5. The maximum Gasteiger partial charge on any atom is 0.228 e. The average molecular weight is 361 g/mol. The van der Waals surface area contributed by atoms with Gasteiger partial charge >= 0.3 is 0 Å². The Morgan fingerprint density at radius 2 is 1.77 bits per heavy atom. The molecule has 6 nitrogen and oxygen atoms in total. The summed E-state index contributed by atoms with van der Waals surface area (Å²) >= 11 is 0. The van der Waals surface area contributed by atoms with E-state index in [4.69, 9.17) is 4.74 Å². The number of carbonyl (C=O) groups excluding carboxylic acids is 1. The Morgan fingerprint density at radius 3 is 2.38 bits per heavy atom. The molecule has 0 aromatic heterocycles. The minimum absolute atomic E-state index is 0.0288. The zero-order valence-electron chi connectivity index (χ0n) is 16.3.